The molecule has 118 valence electrons. The van der Waals surface area contributed by atoms with E-state index in [1.54, 1.807) is 0 Å². The van der Waals surface area contributed by atoms with Gasteiger partial charge in [-0.3, -0.25) is 9.59 Å². The third kappa shape index (κ3) is 2.63. The van der Waals surface area contributed by atoms with Gasteiger partial charge in [0.2, 0.25) is 5.12 Å². The zero-order chi connectivity index (χ0) is 16.8. The quantitative estimate of drug-likeness (QED) is 0.753. The Bertz CT molecular complexity index is 791. The van der Waals surface area contributed by atoms with Crippen LogP contribution in [-0.4, -0.2) is 15.6 Å². The molecule has 0 aromatic heterocycles. The highest BCUT2D eigenvalue weighted by Gasteiger charge is 2.49. The number of thioether (sulfide) groups is 1. The van der Waals surface area contributed by atoms with Gasteiger partial charge >= 0.3 is 0 Å². The predicted octanol–water partition coefficient (Wildman–Crippen LogP) is 4.68. The largest absolute Gasteiger partial charge is 0.297 e. The van der Waals surface area contributed by atoms with E-state index in [1.807, 2.05) is 52.0 Å². The van der Waals surface area contributed by atoms with Gasteiger partial charge in [0.05, 0.1) is 4.75 Å². The normalized spacial score (nSPS) is 20.1. The summed E-state index contributed by atoms with van der Waals surface area (Å²) in [5.41, 5.74) is 5.12. The summed E-state index contributed by atoms with van der Waals surface area (Å²) in [6.07, 6.45) is 0. The van der Waals surface area contributed by atoms with Crippen LogP contribution in [-0.2, 0) is 9.59 Å². The van der Waals surface area contributed by atoms with Crippen molar-refractivity contribution in [3.63, 3.8) is 0 Å². The number of Topliss-reactive ketones (excluding diaryl/α,β-unsaturated/α-hetero) is 1. The van der Waals surface area contributed by atoms with Gasteiger partial charge in [-0.2, -0.15) is 0 Å². The van der Waals surface area contributed by atoms with E-state index in [1.165, 1.54) is 0 Å². The molecule has 1 aliphatic rings. The molecular formula is C20H20O2S. The molecule has 2 nitrogen and oxygen atoms in total. The van der Waals surface area contributed by atoms with Gasteiger partial charge in [0.1, 0.15) is 5.92 Å². The van der Waals surface area contributed by atoms with Gasteiger partial charge in [-0.15, -0.1) is 0 Å². The average Bonchev–Trinajstić information content (AvgIpc) is 2.70. The Morgan fingerprint density at radius 2 is 1.61 bits per heavy atom. The molecule has 0 saturated carbocycles. The van der Waals surface area contributed by atoms with E-state index in [2.05, 4.69) is 18.2 Å². The third-order valence-corrected chi connectivity index (χ3v) is 5.70. The first-order valence-electron chi connectivity index (χ1n) is 7.75. The highest BCUT2D eigenvalue weighted by atomic mass is 32.2. The maximum absolute atomic E-state index is 12.7. The Morgan fingerprint density at radius 1 is 0.957 bits per heavy atom. The lowest BCUT2D eigenvalue weighted by Crippen LogP contribution is -2.26. The van der Waals surface area contributed by atoms with E-state index in [0.717, 1.165) is 39.6 Å². The summed E-state index contributed by atoms with van der Waals surface area (Å²) >= 11 is 1.16. The number of rotatable bonds is 2. The van der Waals surface area contributed by atoms with Crippen LogP contribution in [0.25, 0.3) is 11.1 Å². The van der Waals surface area contributed by atoms with E-state index in [0.29, 0.717) is 0 Å². The molecule has 3 heteroatoms. The van der Waals surface area contributed by atoms with Gasteiger partial charge in [0, 0.05) is 0 Å². The second-order valence-electron chi connectivity index (χ2n) is 6.56. The summed E-state index contributed by atoms with van der Waals surface area (Å²) in [4.78, 5) is 25.2. The van der Waals surface area contributed by atoms with Crippen molar-refractivity contribution in [1.29, 1.82) is 0 Å². The molecular weight excluding hydrogens is 304 g/mol. The molecule has 0 N–H and O–H groups in total. The Morgan fingerprint density at radius 3 is 2.17 bits per heavy atom. The van der Waals surface area contributed by atoms with Gasteiger partial charge in [-0.1, -0.05) is 54.2 Å². The summed E-state index contributed by atoms with van der Waals surface area (Å²) in [5, 5.41) is -0.0311. The van der Waals surface area contributed by atoms with Gasteiger partial charge in [0.25, 0.3) is 0 Å². The van der Waals surface area contributed by atoms with Crippen LogP contribution < -0.4 is 0 Å². The van der Waals surface area contributed by atoms with Crippen LogP contribution in [0.4, 0.5) is 0 Å². The highest BCUT2D eigenvalue weighted by Crippen LogP contribution is 2.46. The van der Waals surface area contributed by atoms with E-state index in [9.17, 15) is 9.59 Å². The van der Waals surface area contributed by atoms with Gasteiger partial charge in [0.15, 0.2) is 5.78 Å². The summed E-state index contributed by atoms with van der Waals surface area (Å²) in [6, 6.07) is 14.2. The standard InChI is InChI=1S/C20H20O2S/c1-12-10-11-15(14-8-6-5-7-9-14)13(2)16(12)17-18(21)20(3,4)23-19(17)22/h5-11,17H,1-4H3. The van der Waals surface area contributed by atoms with Crippen LogP contribution in [0.1, 0.15) is 36.5 Å². The minimum Gasteiger partial charge on any atom is -0.297 e. The molecule has 0 amide bonds. The van der Waals surface area contributed by atoms with E-state index in [-0.39, 0.29) is 10.9 Å². The van der Waals surface area contributed by atoms with Crippen LogP contribution in [0, 0.1) is 13.8 Å². The first-order valence-corrected chi connectivity index (χ1v) is 8.57. The van der Waals surface area contributed by atoms with Crippen molar-refractivity contribution < 1.29 is 9.59 Å². The monoisotopic (exact) mass is 324 g/mol. The van der Waals surface area contributed by atoms with Crippen molar-refractivity contribution in [3.05, 3.63) is 59.2 Å². The molecule has 2 aromatic rings. The lowest BCUT2D eigenvalue weighted by molar-refractivity contribution is -0.124. The SMILES string of the molecule is Cc1ccc(-c2ccccc2)c(C)c1C1C(=O)SC(C)(C)C1=O. The Hall–Kier alpha value is -1.87. The summed E-state index contributed by atoms with van der Waals surface area (Å²) in [5.74, 6) is -0.623. The van der Waals surface area contributed by atoms with E-state index < -0.39 is 10.7 Å². The van der Waals surface area contributed by atoms with Crippen molar-refractivity contribution in [3.8, 4) is 11.1 Å². The molecule has 1 unspecified atom stereocenters. The fraction of sp³-hybridized carbons (Fsp3) is 0.300. The van der Waals surface area contributed by atoms with Crippen molar-refractivity contribution in [2.24, 2.45) is 0 Å². The van der Waals surface area contributed by atoms with Crippen LogP contribution in [0.15, 0.2) is 42.5 Å². The highest BCUT2D eigenvalue weighted by molar-refractivity contribution is 8.16. The Balaban J connectivity index is 2.18. The number of hydrogen-bond acceptors (Lipinski definition) is 3. The van der Waals surface area contributed by atoms with Crippen molar-refractivity contribution in [1.82, 2.24) is 0 Å². The van der Waals surface area contributed by atoms with E-state index in [4.69, 9.17) is 0 Å². The molecule has 1 aliphatic heterocycles. The fourth-order valence-electron chi connectivity index (χ4n) is 3.30. The molecule has 0 aliphatic carbocycles. The summed E-state index contributed by atoms with van der Waals surface area (Å²) in [6.45, 7) is 7.67. The third-order valence-electron chi connectivity index (χ3n) is 4.55. The van der Waals surface area contributed by atoms with Crippen molar-refractivity contribution >= 4 is 22.7 Å². The minimum atomic E-state index is -0.640. The molecule has 0 bridgehead atoms. The van der Waals surface area contributed by atoms with Crippen LogP contribution in [0.3, 0.4) is 0 Å². The molecule has 1 atom stereocenters. The van der Waals surface area contributed by atoms with Crippen molar-refractivity contribution in [2.45, 2.75) is 38.4 Å². The molecule has 23 heavy (non-hydrogen) atoms. The molecule has 1 heterocycles. The van der Waals surface area contributed by atoms with Gasteiger partial charge in [-0.25, -0.2) is 0 Å². The number of aryl methyl sites for hydroxylation is 1. The van der Waals surface area contributed by atoms with Gasteiger partial charge < -0.3 is 0 Å². The lowest BCUT2D eigenvalue weighted by atomic mass is 9.82. The molecule has 1 fully saturated rings. The predicted molar refractivity (Wildman–Crippen MR) is 95.8 cm³/mol. The van der Waals surface area contributed by atoms with Crippen LogP contribution in [0.2, 0.25) is 0 Å². The number of ketones is 1. The number of hydrogen-bond donors (Lipinski definition) is 0. The summed E-state index contributed by atoms with van der Waals surface area (Å²) < 4.78 is -0.636. The zero-order valence-electron chi connectivity index (χ0n) is 13.8. The van der Waals surface area contributed by atoms with Gasteiger partial charge in [-0.05, 0) is 55.5 Å². The molecule has 0 spiro atoms. The average molecular weight is 324 g/mol. The number of carbonyl (C=O) groups is 2. The first-order chi connectivity index (χ1) is 10.8. The Labute approximate surface area is 141 Å². The van der Waals surface area contributed by atoms with Crippen LogP contribution in [0.5, 0.6) is 0 Å². The fourth-order valence-corrected chi connectivity index (χ4v) is 4.37. The first kappa shape index (κ1) is 16.0. The number of benzene rings is 2. The maximum Gasteiger partial charge on any atom is 0.204 e. The molecule has 0 radical (unpaired) electrons. The smallest absolute Gasteiger partial charge is 0.204 e. The number of carbonyl (C=O) groups excluding carboxylic acids is 2. The summed E-state index contributed by atoms with van der Waals surface area (Å²) in [7, 11) is 0. The van der Waals surface area contributed by atoms with Crippen LogP contribution >= 0.6 is 11.8 Å². The Kier molecular flexibility index (Phi) is 3.93. The maximum atomic E-state index is 12.7. The second kappa shape index (κ2) is 5.64. The lowest BCUT2D eigenvalue weighted by Gasteiger charge is -2.19. The second-order valence-corrected chi connectivity index (χ2v) is 8.19. The minimum absolute atomic E-state index is 0.0175. The topological polar surface area (TPSA) is 34.1 Å². The zero-order valence-corrected chi connectivity index (χ0v) is 14.7. The van der Waals surface area contributed by atoms with E-state index >= 15 is 0 Å². The molecule has 3 rings (SSSR count). The molecule has 1 saturated heterocycles. The van der Waals surface area contributed by atoms with Crippen molar-refractivity contribution in [2.75, 3.05) is 0 Å². The molecule has 2 aromatic carbocycles.